The molecule has 0 radical (unpaired) electrons. The van der Waals surface area contributed by atoms with E-state index in [1.165, 1.54) is 6.07 Å². The Morgan fingerprint density at radius 3 is 2.55 bits per heavy atom. The van der Waals surface area contributed by atoms with Crippen LogP contribution >= 0.6 is 12.4 Å². The second-order valence-corrected chi connectivity index (χ2v) is 5.55. The fourth-order valence-corrected chi connectivity index (χ4v) is 2.80. The van der Waals surface area contributed by atoms with Crippen LogP contribution in [0.25, 0.3) is 0 Å². The Morgan fingerprint density at radius 1 is 1.41 bits per heavy atom. The lowest BCUT2D eigenvalue weighted by molar-refractivity contribution is -0.385. The van der Waals surface area contributed by atoms with Gasteiger partial charge in [-0.15, -0.1) is 12.4 Å². The number of rotatable bonds is 4. The number of hydrogen-bond acceptors (Lipinski definition) is 4. The number of likely N-dealkylation sites (tertiary alicyclic amines) is 1. The molecule has 1 N–H and O–H groups in total. The molecular weight excluding hydrogens is 306 g/mol. The number of hydrogen-bond donors (Lipinski definition) is 1. The molecule has 2 rings (SSSR count). The van der Waals surface area contributed by atoms with Crippen LogP contribution in [0.3, 0.4) is 0 Å². The molecule has 0 aromatic heterocycles. The maximum atomic E-state index is 12.4. The van der Waals surface area contributed by atoms with E-state index < -0.39 is 4.92 Å². The summed E-state index contributed by atoms with van der Waals surface area (Å²) in [5, 5.41) is 14.0. The van der Waals surface area contributed by atoms with Gasteiger partial charge in [-0.25, -0.2) is 0 Å². The first-order valence-electron chi connectivity index (χ1n) is 7.22. The molecule has 1 aliphatic rings. The second-order valence-electron chi connectivity index (χ2n) is 5.55. The number of nitrogens with zero attached hydrogens (tertiary/aromatic N) is 2. The molecule has 0 saturated carbocycles. The predicted octanol–water partition coefficient (Wildman–Crippen LogP) is 2.40. The van der Waals surface area contributed by atoms with Crippen molar-refractivity contribution in [2.45, 2.75) is 19.8 Å². The van der Waals surface area contributed by atoms with Crippen LogP contribution in [-0.2, 0) is 0 Å². The summed E-state index contributed by atoms with van der Waals surface area (Å²) in [7, 11) is 1.94. The van der Waals surface area contributed by atoms with Gasteiger partial charge in [0.15, 0.2) is 0 Å². The first kappa shape index (κ1) is 18.4. The van der Waals surface area contributed by atoms with Crippen LogP contribution in [0.1, 0.15) is 28.8 Å². The summed E-state index contributed by atoms with van der Waals surface area (Å²) in [6, 6.07) is 4.57. The molecule has 0 bridgehead atoms. The number of halogens is 1. The van der Waals surface area contributed by atoms with Gasteiger partial charge in [-0.3, -0.25) is 14.9 Å². The highest BCUT2D eigenvalue weighted by Crippen LogP contribution is 2.22. The molecule has 0 unspecified atom stereocenters. The van der Waals surface area contributed by atoms with Gasteiger partial charge in [0.1, 0.15) is 0 Å². The van der Waals surface area contributed by atoms with E-state index in [9.17, 15) is 14.9 Å². The Morgan fingerprint density at radius 2 is 2.05 bits per heavy atom. The van der Waals surface area contributed by atoms with E-state index in [1.807, 2.05) is 11.9 Å². The van der Waals surface area contributed by atoms with E-state index in [0.717, 1.165) is 32.5 Å². The highest BCUT2D eigenvalue weighted by atomic mass is 35.5. The van der Waals surface area contributed by atoms with Crippen LogP contribution in [0.5, 0.6) is 0 Å². The fourth-order valence-electron chi connectivity index (χ4n) is 2.80. The number of aryl methyl sites for hydroxylation is 1. The molecule has 1 heterocycles. The molecule has 122 valence electrons. The molecule has 22 heavy (non-hydrogen) atoms. The minimum absolute atomic E-state index is 0. The molecule has 0 atom stereocenters. The zero-order chi connectivity index (χ0) is 15.4. The van der Waals surface area contributed by atoms with E-state index in [0.29, 0.717) is 17.0 Å². The van der Waals surface area contributed by atoms with E-state index in [-0.39, 0.29) is 24.0 Å². The zero-order valence-corrected chi connectivity index (χ0v) is 13.7. The molecule has 1 aromatic carbocycles. The summed E-state index contributed by atoms with van der Waals surface area (Å²) < 4.78 is 0. The number of amides is 1. The molecule has 1 amide bonds. The first-order chi connectivity index (χ1) is 10.0. The second kappa shape index (κ2) is 8.10. The molecule has 1 fully saturated rings. The predicted molar refractivity (Wildman–Crippen MR) is 87.6 cm³/mol. The molecular formula is C15H22ClN3O3. The summed E-state index contributed by atoms with van der Waals surface area (Å²) in [6.45, 7) is 4.15. The van der Waals surface area contributed by atoms with Gasteiger partial charge in [0.25, 0.3) is 11.6 Å². The van der Waals surface area contributed by atoms with Gasteiger partial charge < -0.3 is 10.2 Å². The lowest BCUT2D eigenvalue weighted by atomic mass is 9.96. The summed E-state index contributed by atoms with van der Waals surface area (Å²) in [6.07, 6.45) is 2.00. The first-order valence-corrected chi connectivity index (χ1v) is 7.22. The van der Waals surface area contributed by atoms with Crippen molar-refractivity contribution in [1.29, 1.82) is 0 Å². The van der Waals surface area contributed by atoms with Crippen LogP contribution in [0.2, 0.25) is 0 Å². The third-order valence-corrected chi connectivity index (χ3v) is 4.03. The van der Waals surface area contributed by atoms with Crippen LogP contribution in [0.15, 0.2) is 18.2 Å². The number of carbonyl (C=O) groups excluding carboxylic acids is 1. The molecule has 1 aromatic rings. The lowest BCUT2D eigenvalue weighted by Crippen LogP contribution is -2.40. The number of piperidine rings is 1. The molecule has 0 aliphatic carbocycles. The quantitative estimate of drug-likeness (QED) is 0.680. The van der Waals surface area contributed by atoms with Crippen LogP contribution < -0.4 is 5.32 Å². The van der Waals surface area contributed by atoms with Crippen LogP contribution in [0.4, 0.5) is 5.69 Å². The van der Waals surface area contributed by atoms with Gasteiger partial charge in [-0.2, -0.15) is 0 Å². The van der Waals surface area contributed by atoms with E-state index in [1.54, 1.807) is 19.1 Å². The Balaban J connectivity index is 0.00000242. The van der Waals surface area contributed by atoms with Gasteiger partial charge in [0.05, 0.1) is 4.92 Å². The van der Waals surface area contributed by atoms with Gasteiger partial charge in [-0.05, 0) is 51.4 Å². The van der Waals surface area contributed by atoms with Crippen molar-refractivity contribution < 1.29 is 9.72 Å². The largest absolute Gasteiger partial charge is 0.339 e. The number of benzene rings is 1. The van der Waals surface area contributed by atoms with Crippen LogP contribution in [0, 0.1) is 23.0 Å². The molecule has 1 saturated heterocycles. The number of carbonyl (C=O) groups is 1. The van der Waals surface area contributed by atoms with Crippen molar-refractivity contribution in [2.24, 2.45) is 5.92 Å². The summed E-state index contributed by atoms with van der Waals surface area (Å²) >= 11 is 0. The third kappa shape index (κ3) is 4.18. The number of nitrogens with one attached hydrogen (secondary N) is 1. The fraction of sp³-hybridized carbons (Fsp3) is 0.533. The average Bonchev–Trinajstić information content (AvgIpc) is 2.47. The minimum atomic E-state index is -0.424. The smallest absolute Gasteiger partial charge is 0.272 e. The van der Waals surface area contributed by atoms with Crippen molar-refractivity contribution in [2.75, 3.05) is 26.7 Å². The van der Waals surface area contributed by atoms with Crippen molar-refractivity contribution in [1.82, 2.24) is 10.2 Å². The maximum absolute atomic E-state index is 12.4. The summed E-state index contributed by atoms with van der Waals surface area (Å²) in [4.78, 5) is 24.7. The highest BCUT2D eigenvalue weighted by Gasteiger charge is 2.24. The Hall–Kier alpha value is -1.66. The topological polar surface area (TPSA) is 75.5 Å². The van der Waals surface area contributed by atoms with Crippen molar-refractivity contribution in [3.8, 4) is 0 Å². The van der Waals surface area contributed by atoms with Gasteiger partial charge in [0.2, 0.25) is 0 Å². The van der Waals surface area contributed by atoms with Crippen molar-refractivity contribution in [3.63, 3.8) is 0 Å². The Bertz CT molecular complexity index is 543. The summed E-state index contributed by atoms with van der Waals surface area (Å²) in [5.41, 5.74) is 1.11. The monoisotopic (exact) mass is 327 g/mol. The molecule has 0 spiro atoms. The Kier molecular flexibility index (Phi) is 6.77. The van der Waals surface area contributed by atoms with Gasteiger partial charge >= 0.3 is 0 Å². The van der Waals surface area contributed by atoms with Gasteiger partial charge in [-0.1, -0.05) is 0 Å². The maximum Gasteiger partial charge on any atom is 0.272 e. The van der Waals surface area contributed by atoms with Crippen LogP contribution in [-0.4, -0.2) is 42.4 Å². The molecule has 7 heteroatoms. The van der Waals surface area contributed by atoms with Crippen molar-refractivity contribution >= 4 is 24.0 Å². The number of nitro benzene ring substituents is 1. The van der Waals surface area contributed by atoms with E-state index in [2.05, 4.69) is 5.32 Å². The summed E-state index contributed by atoms with van der Waals surface area (Å²) in [5.74, 6) is 0.591. The van der Waals surface area contributed by atoms with E-state index >= 15 is 0 Å². The molecule has 1 aliphatic heterocycles. The minimum Gasteiger partial charge on any atom is -0.339 e. The SMILES string of the molecule is CNCC1CCN(C(=O)c2ccc([N+](=O)[O-])c(C)c2)CC1.Cl. The lowest BCUT2D eigenvalue weighted by Gasteiger charge is -2.32. The third-order valence-electron chi connectivity index (χ3n) is 4.03. The van der Waals surface area contributed by atoms with E-state index in [4.69, 9.17) is 0 Å². The average molecular weight is 328 g/mol. The van der Waals surface area contributed by atoms with Gasteiger partial charge in [0, 0.05) is 30.3 Å². The highest BCUT2D eigenvalue weighted by molar-refractivity contribution is 5.94. The molecule has 6 nitrogen and oxygen atoms in total. The standard InChI is InChI=1S/C15H21N3O3.ClH/c1-11-9-13(3-4-14(11)18(20)21)15(19)17-7-5-12(6-8-17)10-16-2;/h3-4,9,12,16H,5-8,10H2,1-2H3;1H. The number of nitro groups is 1. The van der Waals surface area contributed by atoms with Crippen molar-refractivity contribution in [3.05, 3.63) is 39.4 Å². The normalized spacial score (nSPS) is 15.3. The Labute approximate surface area is 136 Å². The zero-order valence-electron chi connectivity index (χ0n) is 12.9.